The maximum Gasteiger partial charge on any atom is 0.254 e. The third-order valence-corrected chi connectivity index (χ3v) is 6.21. The van der Waals surface area contributed by atoms with Gasteiger partial charge in [-0.1, -0.05) is 28.1 Å². The molecule has 3 aromatic rings. The average molecular weight is 482 g/mol. The predicted octanol–water partition coefficient (Wildman–Crippen LogP) is 5.26. The number of amides is 1. The molecule has 0 radical (unpaired) electrons. The van der Waals surface area contributed by atoms with E-state index in [0.717, 1.165) is 26.9 Å². The summed E-state index contributed by atoms with van der Waals surface area (Å²) in [4.78, 5) is 15.2. The van der Waals surface area contributed by atoms with Crippen molar-refractivity contribution in [3.05, 3.63) is 87.4 Å². The van der Waals surface area contributed by atoms with Crippen LogP contribution in [0.4, 0.5) is 0 Å². The van der Waals surface area contributed by atoms with Crippen LogP contribution in [-0.2, 0) is 6.54 Å². The molecular weight excluding hydrogens is 458 g/mol. The Kier molecular flexibility index (Phi) is 6.18. The molecule has 0 N–H and O–H groups in total. The van der Waals surface area contributed by atoms with E-state index in [4.69, 9.17) is 14.2 Å². The molecular formula is C25H24BrNO4. The molecule has 0 fully saturated rings. The number of nitrogens with zero attached hydrogens (tertiary/aromatic N) is 1. The molecule has 0 bridgehead atoms. The summed E-state index contributed by atoms with van der Waals surface area (Å²) in [7, 11) is 4.91. The first-order chi connectivity index (χ1) is 15.0. The minimum atomic E-state index is 0.00597. The van der Waals surface area contributed by atoms with Crippen LogP contribution >= 0.6 is 15.9 Å². The monoisotopic (exact) mass is 481 g/mol. The van der Waals surface area contributed by atoms with Gasteiger partial charge in [0.1, 0.15) is 5.75 Å². The minimum Gasteiger partial charge on any atom is -0.497 e. The molecule has 1 heterocycles. The summed E-state index contributed by atoms with van der Waals surface area (Å²) in [6, 6.07) is 19.5. The molecule has 1 aliphatic heterocycles. The summed E-state index contributed by atoms with van der Waals surface area (Å²) in [6.07, 6.45) is 0. The van der Waals surface area contributed by atoms with Crippen LogP contribution in [0.3, 0.4) is 0 Å². The first kappa shape index (κ1) is 21.2. The van der Waals surface area contributed by atoms with E-state index >= 15 is 0 Å². The van der Waals surface area contributed by atoms with Gasteiger partial charge in [0.05, 0.1) is 21.3 Å². The summed E-state index contributed by atoms with van der Waals surface area (Å²) in [5, 5.41) is 0. The highest BCUT2D eigenvalue weighted by atomic mass is 79.9. The molecule has 6 heteroatoms. The van der Waals surface area contributed by atoms with Gasteiger partial charge in [-0.15, -0.1) is 0 Å². The Morgan fingerprint density at radius 3 is 2.16 bits per heavy atom. The highest BCUT2D eigenvalue weighted by molar-refractivity contribution is 9.10. The Bertz CT molecular complexity index is 1080. The number of hydrogen-bond donors (Lipinski definition) is 0. The maximum absolute atomic E-state index is 13.3. The van der Waals surface area contributed by atoms with Gasteiger partial charge in [0.15, 0.2) is 11.5 Å². The van der Waals surface area contributed by atoms with Crippen LogP contribution in [0.5, 0.6) is 17.2 Å². The van der Waals surface area contributed by atoms with Crippen molar-refractivity contribution in [1.82, 2.24) is 4.90 Å². The lowest BCUT2D eigenvalue weighted by molar-refractivity contribution is 0.0724. The van der Waals surface area contributed by atoms with Gasteiger partial charge in [-0.3, -0.25) is 4.79 Å². The van der Waals surface area contributed by atoms with Crippen molar-refractivity contribution >= 4 is 21.8 Å². The Morgan fingerprint density at radius 1 is 0.903 bits per heavy atom. The van der Waals surface area contributed by atoms with Crippen LogP contribution in [0.15, 0.2) is 65.1 Å². The maximum atomic E-state index is 13.3. The van der Waals surface area contributed by atoms with Crippen molar-refractivity contribution in [2.75, 3.05) is 27.9 Å². The highest BCUT2D eigenvalue weighted by Crippen LogP contribution is 2.40. The Hall–Kier alpha value is -2.99. The zero-order chi connectivity index (χ0) is 22.0. The Labute approximate surface area is 190 Å². The number of ether oxygens (including phenoxy) is 3. The fraction of sp³-hybridized carbons (Fsp3) is 0.240. The fourth-order valence-corrected chi connectivity index (χ4v) is 4.30. The number of carbonyl (C=O) groups excluding carboxylic acids is 1. The number of hydrogen-bond acceptors (Lipinski definition) is 4. The quantitative estimate of drug-likeness (QED) is 0.498. The zero-order valence-corrected chi connectivity index (χ0v) is 19.3. The molecule has 1 atom stereocenters. The van der Waals surface area contributed by atoms with Crippen LogP contribution in [0.2, 0.25) is 0 Å². The molecule has 3 aromatic carbocycles. The predicted molar refractivity (Wildman–Crippen MR) is 123 cm³/mol. The van der Waals surface area contributed by atoms with Crippen molar-refractivity contribution in [3.8, 4) is 17.2 Å². The van der Waals surface area contributed by atoms with E-state index in [9.17, 15) is 4.79 Å². The SMILES string of the molecule is COc1ccc(C2CN(C(=O)c3ccc(Br)cc3)Cc3cc(OC)c(OC)cc32)cc1. The molecule has 0 aliphatic carbocycles. The van der Waals surface area contributed by atoms with Crippen molar-refractivity contribution in [2.24, 2.45) is 0 Å². The Balaban J connectivity index is 1.77. The summed E-state index contributed by atoms with van der Waals surface area (Å²) in [5.41, 5.74) is 3.97. The molecule has 5 nitrogen and oxygen atoms in total. The molecule has 0 aromatic heterocycles. The molecule has 1 amide bonds. The topological polar surface area (TPSA) is 48.0 Å². The lowest BCUT2D eigenvalue weighted by atomic mass is 9.84. The van der Waals surface area contributed by atoms with Gasteiger partial charge in [-0.25, -0.2) is 0 Å². The second-order valence-electron chi connectivity index (χ2n) is 7.42. The van der Waals surface area contributed by atoms with Gasteiger partial charge in [0.2, 0.25) is 0 Å². The molecule has 1 unspecified atom stereocenters. The minimum absolute atomic E-state index is 0.00597. The van der Waals surface area contributed by atoms with E-state index in [0.29, 0.717) is 30.2 Å². The summed E-state index contributed by atoms with van der Waals surface area (Å²) in [5.74, 6) is 2.16. The Morgan fingerprint density at radius 2 is 1.55 bits per heavy atom. The van der Waals surface area contributed by atoms with Gasteiger partial charge in [0, 0.05) is 29.0 Å². The van der Waals surface area contributed by atoms with E-state index < -0.39 is 0 Å². The number of rotatable bonds is 5. The second-order valence-corrected chi connectivity index (χ2v) is 8.34. The molecule has 31 heavy (non-hydrogen) atoms. The van der Waals surface area contributed by atoms with Crippen molar-refractivity contribution in [3.63, 3.8) is 0 Å². The van der Waals surface area contributed by atoms with E-state index in [2.05, 4.69) is 28.1 Å². The fourth-order valence-electron chi connectivity index (χ4n) is 4.04. The summed E-state index contributed by atoms with van der Waals surface area (Å²) in [6.45, 7) is 1.08. The van der Waals surface area contributed by atoms with Crippen molar-refractivity contribution < 1.29 is 19.0 Å². The number of benzene rings is 3. The van der Waals surface area contributed by atoms with Crippen molar-refractivity contribution in [2.45, 2.75) is 12.5 Å². The van der Waals surface area contributed by atoms with Gasteiger partial charge in [-0.2, -0.15) is 0 Å². The molecule has 160 valence electrons. The number of carbonyl (C=O) groups is 1. The number of halogens is 1. The lowest BCUT2D eigenvalue weighted by Gasteiger charge is -2.35. The second kappa shape index (κ2) is 9.02. The summed E-state index contributed by atoms with van der Waals surface area (Å²) < 4.78 is 17.3. The number of fused-ring (bicyclic) bond motifs is 1. The first-order valence-electron chi connectivity index (χ1n) is 9.97. The molecule has 0 saturated carbocycles. The molecule has 4 rings (SSSR count). The van der Waals surface area contributed by atoms with E-state index in [1.54, 1.807) is 21.3 Å². The summed E-state index contributed by atoms with van der Waals surface area (Å²) >= 11 is 3.43. The smallest absolute Gasteiger partial charge is 0.254 e. The standard InChI is InChI=1S/C25H24BrNO4/c1-29-20-10-6-16(7-11-20)22-15-27(25(28)17-4-8-19(26)9-5-17)14-18-12-23(30-2)24(31-3)13-21(18)22/h4-13,22H,14-15H2,1-3H3. The zero-order valence-electron chi connectivity index (χ0n) is 17.7. The third-order valence-electron chi connectivity index (χ3n) is 5.68. The average Bonchev–Trinajstić information content (AvgIpc) is 2.82. The molecule has 0 spiro atoms. The lowest BCUT2D eigenvalue weighted by Crippen LogP contribution is -2.38. The first-order valence-corrected chi connectivity index (χ1v) is 10.8. The van der Waals surface area contributed by atoms with Gasteiger partial charge in [0.25, 0.3) is 5.91 Å². The van der Waals surface area contributed by atoms with E-state index in [-0.39, 0.29) is 11.8 Å². The third kappa shape index (κ3) is 4.26. The van der Waals surface area contributed by atoms with E-state index in [1.807, 2.05) is 53.4 Å². The van der Waals surface area contributed by atoms with Crippen LogP contribution in [0.25, 0.3) is 0 Å². The van der Waals surface area contributed by atoms with Crippen LogP contribution < -0.4 is 14.2 Å². The van der Waals surface area contributed by atoms with E-state index in [1.165, 1.54) is 0 Å². The highest BCUT2D eigenvalue weighted by Gasteiger charge is 2.31. The largest absolute Gasteiger partial charge is 0.497 e. The van der Waals surface area contributed by atoms with Crippen LogP contribution in [0.1, 0.15) is 33.0 Å². The van der Waals surface area contributed by atoms with Crippen molar-refractivity contribution in [1.29, 1.82) is 0 Å². The molecule has 0 saturated heterocycles. The van der Waals surface area contributed by atoms with Gasteiger partial charge < -0.3 is 19.1 Å². The molecule has 1 aliphatic rings. The normalized spacial score (nSPS) is 15.2. The number of methoxy groups -OCH3 is 3. The van der Waals surface area contributed by atoms with Crippen LogP contribution in [-0.4, -0.2) is 38.7 Å². The van der Waals surface area contributed by atoms with Crippen LogP contribution in [0, 0.1) is 0 Å². The van der Waals surface area contributed by atoms with Gasteiger partial charge >= 0.3 is 0 Å². The van der Waals surface area contributed by atoms with Gasteiger partial charge in [-0.05, 0) is 65.2 Å².